The zero-order valence-corrected chi connectivity index (χ0v) is 28.5. The first-order valence-corrected chi connectivity index (χ1v) is 17.3. The molecule has 3 aromatic rings. The largest absolute Gasteiger partial charge is 0.507 e. The number of nitrogens with zero attached hydrogens (tertiary/aromatic N) is 1. The van der Waals surface area contributed by atoms with Gasteiger partial charge in [-0.25, -0.2) is 0 Å². The van der Waals surface area contributed by atoms with Gasteiger partial charge in [0.05, 0.1) is 49.2 Å². The standard InChI is InChI=1S/C38H39NO13/c1-18-35-22(39-11-12-48-37(36(39)52-35)49-17-19-7-4-3-5-8-19)13-26(50-18)51-24-15-38(46,25(41)16-40)14-21-28(24)34(45)30-29(32(21)43)31(42)20-9-6-10-23(47-2)27(20)33(30)44/h3-10,18,22,24,26,35-37,40,43,45-46H,11-17H2,1-2H3/t18-,22-,24-,26-,35+,36+,37+,38-/m0/s1. The molecule has 52 heavy (non-hydrogen) atoms. The molecular formula is C38H39NO13. The topological polar surface area (TPSA) is 191 Å². The molecule has 0 amide bonds. The summed E-state index contributed by atoms with van der Waals surface area (Å²) in [6.07, 6.45) is -5.06. The fourth-order valence-corrected chi connectivity index (χ4v) is 8.39. The van der Waals surface area contributed by atoms with Crippen molar-refractivity contribution in [1.29, 1.82) is 0 Å². The zero-order chi connectivity index (χ0) is 36.5. The van der Waals surface area contributed by atoms with Crippen molar-refractivity contribution in [2.24, 2.45) is 0 Å². The number of fused-ring (bicyclic) bond motifs is 6. The number of aromatic hydroxyl groups is 2. The molecule has 0 saturated carbocycles. The number of hydrogen-bond acceptors (Lipinski definition) is 14. The molecule has 0 aromatic heterocycles. The summed E-state index contributed by atoms with van der Waals surface area (Å²) in [6.45, 7) is 2.10. The second-order valence-corrected chi connectivity index (χ2v) is 13.8. The SMILES string of the molecule is COc1cccc2c1C(=O)c1c(O)c3c(c(O)c1C2=O)C[C@@](O)(C(=O)CO)C[C@@H]3O[C@H]1C[C@H]2[C@H](O[C@@H]3[C@@H](OCc4ccccc4)OCCN32)[C@H](C)O1. The van der Waals surface area contributed by atoms with Gasteiger partial charge < -0.3 is 48.8 Å². The third kappa shape index (κ3) is 5.53. The molecule has 0 spiro atoms. The minimum atomic E-state index is -2.24. The minimum Gasteiger partial charge on any atom is -0.507 e. The van der Waals surface area contributed by atoms with Crippen LogP contribution in [-0.2, 0) is 41.5 Å². The van der Waals surface area contributed by atoms with Crippen molar-refractivity contribution in [2.45, 2.75) is 81.6 Å². The Bertz CT molecular complexity index is 1930. The number of aliphatic hydroxyl groups is 2. The number of phenols is 2. The number of morpholine rings is 1. The van der Waals surface area contributed by atoms with Gasteiger partial charge in [-0.3, -0.25) is 19.3 Å². The highest BCUT2D eigenvalue weighted by molar-refractivity contribution is 6.31. The lowest BCUT2D eigenvalue weighted by Gasteiger charge is -2.43. The molecule has 3 fully saturated rings. The van der Waals surface area contributed by atoms with Crippen molar-refractivity contribution in [3.05, 3.63) is 87.5 Å². The molecule has 8 rings (SSSR count). The number of rotatable bonds is 8. The lowest BCUT2D eigenvalue weighted by Crippen LogP contribution is -2.55. The van der Waals surface area contributed by atoms with E-state index in [9.17, 15) is 34.8 Å². The molecule has 3 heterocycles. The maximum absolute atomic E-state index is 14.0. The van der Waals surface area contributed by atoms with E-state index in [0.29, 0.717) is 19.8 Å². The second kappa shape index (κ2) is 13.3. The van der Waals surface area contributed by atoms with E-state index in [1.54, 1.807) is 0 Å². The predicted molar refractivity (Wildman–Crippen MR) is 178 cm³/mol. The molecule has 3 saturated heterocycles. The van der Waals surface area contributed by atoms with Crippen LogP contribution in [-0.4, -0.2) is 112 Å². The van der Waals surface area contributed by atoms with Gasteiger partial charge in [-0.05, 0) is 18.6 Å². The predicted octanol–water partition coefficient (Wildman–Crippen LogP) is 2.28. The van der Waals surface area contributed by atoms with Gasteiger partial charge in [-0.15, -0.1) is 0 Å². The number of aliphatic hydroxyl groups excluding tert-OH is 1. The monoisotopic (exact) mass is 717 g/mol. The van der Waals surface area contributed by atoms with Crippen LogP contribution in [0.3, 0.4) is 0 Å². The van der Waals surface area contributed by atoms with Crippen LogP contribution in [0.4, 0.5) is 0 Å². The Hall–Kier alpha value is -4.25. The molecule has 274 valence electrons. The average Bonchev–Trinajstić information content (AvgIpc) is 3.53. The molecule has 5 aliphatic rings. The van der Waals surface area contributed by atoms with Crippen LogP contribution in [0.2, 0.25) is 0 Å². The number of Topliss-reactive ketones (excluding diaryl/α,β-unsaturated/α-hetero) is 1. The van der Waals surface area contributed by atoms with Gasteiger partial charge in [-0.1, -0.05) is 42.5 Å². The van der Waals surface area contributed by atoms with Gasteiger partial charge in [0.15, 0.2) is 30.4 Å². The first-order chi connectivity index (χ1) is 25.0. The minimum absolute atomic E-state index is 0.0381. The summed E-state index contributed by atoms with van der Waals surface area (Å²) in [5.74, 6) is -3.63. The van der Waals surface area contributed by atoms with Crippen LogP contribution in [0.5, 0.6) is 17.2 Å². The molecule has 14 heteroatoms. The van der Waals surface area contributed by atoms with E-state index in [0.717, 1.165) is 5.56 Å². The summed E-state index contributed by atoms with van der Waals surface area (Å²) >= 11 is 0. The molecule has 2 aliphatic carbocycles. The highest BCUT2D eigenvalue weighted by atomic mass is 16.7. The van der Waals surface area contributed by atoms with Gasteiger partial charge in [0, 0.05) is 48.5 Å². The van der Waals surface area contributed by atoms with E-state index in [1.807, 2.05) is 37.3 Å². The molecule has 8 atom stereocenters. The Balaban J connectivity index is 1.11. The number of carbonyl (C=O) groups excluding carboxylic acids is 3. The molecule has 3 aromatic carbocycles. The molecule has 4 N–H and O–H groups in total. The smallest absolute Gasteiger partial charge is 0.202 e. The fraction of sp³-hybridized carbons (Fsp3) is 0.447. The van der Waals surface area contributed by atoms with Crippen LogP contribution in [0, 0.1) is 0 Å². The maximum atomic E-state index is 14.0. The lowest BCUT2D eigenvalue weighted by atomic mass is 9.72. The van der Waals surface area contributed by atoms with Gasteiger partial charge in [-0.2, -0.15) is 0 Å². The normalized spacial score (nSPS) is 30.9. The van der Waals surface area contributed by atoms with Crippen molar-refractivity contribution in [1.82, 2.24) is 4.90 Å². The molecule has 14 nitrogen and oxygen atoms in total. The van der Waals surface area contributed by atoms with E-state index in [1.165, 1.54) is 25.3 Å². The highest BCUT2D eigenvalue weighted by Crippen LogP contribution is 2.53. The van der Waals surface area contributed by atoms with E-state index >= 15 is 0 Å². The van der Waals surface area contributed by atoms with Crippen LogP contribution in [0.25, 0.3) is 0 Å². The summed E-state index contributed by atoms with van der Waals surface area (Å²) in [6, 6.07) is 13.9. The third-order valence-corrected chi connectivity index (χ3v) is 10.9. The van der Waals surface area contributed by atoms with Crippen molar-refractivity contribution in [2.75, 3.05) is 26.9 Å². The fourth-order valence-electron chi connectivity index (χ4n) is 8.39. The van der Waals surface area contributed by atoms with Gasteiger partial charge in [0.1, 0.15) is 35.6 Å². The van der Waals surface area contributed by atoms with Crippen LogP contribution in [0.1, 0.15) is 74.4 Å². The highest BCUT2D eigenvalue weighted by Gasteiger charge is 2.55. The number of ether oxygens (including phenoxy) is 6. The molecule has 0 bridgehead atoms. The Kier molecular flexibility index (Phi) is 8.91. The molecule has 0 unspecified atom stereocenters. The summed E-state index contributed by atoms with van der Waals surface area (Å²) in [5.41, 5.74) is -2.48. The Morgan fingerprint density at radius 2 is 1.77 bits per heavy atom. The van der Waals surface area contributed by atoms with E-state index in [-0.39, 0.29) is 46.6 Å². The quantitative estimate of drug-likeness (QED) is 0.194. The summed E-state index contributed by atoms with van der Waals surface area (Å²) in [5, 5.41) is 44.9. The first kappa shape index (κ1) is 34.8. The van der Waals surface area contributed by atoms with Gasteiger partial charge in [0.25, 0.3) is 0 Å². The van der Waals surface area contributed by atoms with Crippen molar-refractivity contribution < 1.29 is 63.2 Å². The van der Waals surface area contributed by atoms with Crippen molar-refractivity contribution >= 4 is 17.3 Å². The Morgan fingerprint density at radius 1 is 1.00 bits per heavy atom. The number of hydrogen-bond donors (Lipinski definition) is 4. The number of benzene rings is 3. The van der Waals surface area contributed by atoms with E-state index in [4.69, 9.17) is 28.4 Å². The molecule has 3 aliphatic heterocycles. The van der Waals surface area contributed by atoms with Crippen molar-refractivity contribution in [3.63, 3.8) is 0 Å². The molecular weight excluding hydrogens is 678 g/mol. The van der Waals surface area contributed by atoms with Gasteiger partial charge >= 0.3 is 0 Å². The zero-order valence-electron chi connectivity index (χ0n) is 28.5. The van der Waals surface area contributed by atoms with Crippen LogP contribution < -0.4 is 4.74 Å². The van der Waals surface area contributed by atoms with E-state index < -0.39 is 96.0 Å². The average molecular weight is 718 g/mol. The summed E-state index contributed by atoms with van der Waals surface area (Å²) in [7, 11) is 1.35. The maximum Gasteiger partial charge on any atom is 0.202 e. The Morgan fingerprint density at radius 3 is 2.52 bits per heavy atom. The van der Waals surface area contributed by atoms with Gasteiger partial charge in [0.2, 0.25) is 5.78 Å². The molecule has 0 radical (unpaired) electrons. The first-order valence-electron chi connectivity index (χ1n) is 17.3. The van der Waals surface area contributed by atoms with Crippen LogP contribution in [0.15, 0.2) is 48.5 Å². The van der Waals surface area contributed by atoms with Crippen LogP contribution >= 0.6 is 0 Å². The summed E-state index contributed by atoms with van der Waals surface area (Å²) < 4.78 is 36.7. The van der Waals surface area contributed by atoms with Crippen molar-refractivity contribution in [3.8, 4) is 17.2 Å². The second-order valence-electron chi connectivity index (χ2n) is 13.8. The van der Waals surface area contributed by atoms with E-state index in [2.05, 4.69) is 4.90 Å². The number of phenolic OH excluding ortho intramolecular Hbond substituents is 2. The lowest BCUT2D eigenvalue weighted by molar-refractivity contribution is -0.264. The third-order valence-electron chi connectivity index (χ3n) is 10.9. The number of ketones is 3. The summed E-state index contributed by atoms with van der Waals surface area (Å²) in [4.78, 5) is 42.9. The number of methoxy groups -OCH3 is 1. The Labute approximate surface area is 298 Å². The number of carbonyl (C=O) groups is 3.